The standard InChI is InChI=1S/C23H23N5O/c1-16-21(17(2)28(26-16)20-10-5-4-6-11-20)15-22(29)25-19-9-7-8-18(14-19)23-24-12-13-27(23)3/h4-14H,15H2,1-3H3,(H,25,29). The molecule has 4 rings (SSSR count). The zero-order valence-electron chi connectivity index (χ0n) is 16.8. The molecule has 0 atom stereocenters. The van der Waals surface area contributed by atoms with Crippen molar-refractivity contribution in [3.05, 3.63) is 83.9 Å². The third kappa shape index (κ3) is 3.82. The van der Waals surface area contributed by atoms with Crippen molar-refractivity contribution >= 4 is 11.6 Å². The summed E-state index contributed by atoms with van der Waals surface area (Å²) in [4.78, 5) is 17.1. The van der Waals surface area contributed by atoms with Gasteiger partial charge in [-0.25, -0.2) is 9.67 Å². The van der Waals surface area contributed by atoms with Crippen LogP contribution in [0.2, 0.25) is 0 Å². The van der Waals surface area contributed by atoms with E-state index in [1.165, 1.54) is 0 Å². The van der Waals surface area contributed by atoms with E-state index < -0.39 is 0 Å². The van der Waals surface area contributed by atoms with E-state index in [0.29, 0.717) is 0 Å². The number of imidazole rings is 1. The van der Waals surface area contributed by atoms with E-state index in [4.69, 9.17) is 0 Å². The number of carbonyl (C=O) groups excluding carboxylic acids is 1. The molecule has 4 aromatic rings. The molecule has 2 heterocycles. The lowest BCUT2D eigenvalue weighted by Gasteiger charge is -2.09. The fourth-order valence-electron chi connectivity index (χ4n) is 3.50. The van der Waals surface area contributed by atoms with Crippen molar-refractivity contribution in [1.82, 2.24) is 19.3 Å². The van der Waals surface area contributed by atoms with Crippen molar-refractivity contribution in [2.75, 3.05) is 5.32 Å². The summed E-state index contributed by atoms with van der Waals surface area (Å²) in [7, 11) is 1.95. The zero-order valence-corrected chi connectivity index (χ0v) is 16.8. The van der Waals surface area contributed by atoms with Crippen LogP contribution in [-0.2, 0) is 18.3 Å². The van der Waals surface area contributed by atoms with Gasteiger partial charge in [0.2, 0.25) is 5.91 Å². The van der Waals surface area contributed by atoms with Crippen LogP contribution in [0.1, 0.15) is 17.0 Å². The van der Waals surface area contributed by atoms with E-state index in [1.807, 2.05) is 90.9 Å². The first-order chi connectivity index (χ1) is 14.0. The van der Waals surface area contributed by atoms with Gasteiger partial charge in [-0.2, -0.15) is 5.10 Å². The van der Waals surface area contributed by atoms with Gasteiger partial charge in [0.05, 0.1) is 17.8 Å². The molecule has 0 aliphatic carbocycles. The van der Waals surface area contributed by atoms with Gasteiger partial charge in [-0.1, -0.05) is 30.3 Å². The van der Waals surface area contributed by atoms with Crippen LogP contribution in [0.3, 0.4) is 0 Å². The number of hydrogen-bond donors (Lipinski definition) is 1. The molecule has 0 unspecified atom stereocenters. The number of benzene rings is 2. The van der Waals surface area contributed by atoms with Crippen LogP contribution in [0.5, 0.6) is 0 Å². The van der Waals surface area contributed by atoms with Gasteiger partial charge >= 0.3 is 0 Å². The first-order valence-corrected chi connectivity index (χ1v) is 9.51. The van der Waals surface area contributed by atoms with Crippen molar-refractivity contribution in [3.63, 3.8) is 0 Å². The van der Waals surface area contributed by atoms with Crippen LogP contribution >= 0.6 is 0 Å². The SMILES string of the molecule is Cc1nn(-c2ccccc2)c(C)c1CC(=O)Nc1cccc(-c2nccn2C)c1. The molecule has 0 fully saturated rings. The van der Waals surface area contributed by atoms with Gasteiger partial charge in [0, 0.05) is 41.9 Å². The van der Waals surface area contributed by atoms with Crippen LogP contribution < -0.4 is 5.32 Å². The van der Waals surface area contributed by atoms with E-state index in [2.05, 4.69) is 15.4 Å². The first kappa shape index (κ1) is 18.7. The number of amides is 1. The summed E-state index contributed by atoms with van der Waals surface area (Å²) in [5, 5.41) is 7.63. The largest absolute Gasteiger partial charge is 0.334 e. The van der Waals surface area contributed by atoms with E-state index in [1.54, 1.807) is 6.20 Å². The molecule has 6 heteroatoms. The minimum absolute atomic E-state index is 0.0687. The summed E-state index contributed by atoms with van der Waals surface area (Å²) in [5.74, 6) is 0.790. The Labute approximate surface area is 169 Å². The average molecular weight is 385 g/mol. The predicted octanol–water partition coefficient (Wildman–Crippen LogP) is 4.07. The van der Waals surface area contributed by atoms with Gasteiger partial charge in [-0.3, -0.25) is 4.79 Å². The molecule has 0 spiro atoms. The summed E-state index contributed by atoms with van der Waals surface area (Å²) < 4.78 is 3.84. The lowest BCUT2D eigenvalue weighted by Crippen LogP contribution is -2.15. The molecule has 146 valence electrons. The molecule has 1 N–H and O–H groups in total. The highest BCUT2D eigenvalue weighted by molar-refractivity contribution is 5.93. The van der Waals surface area contributed by atoms with E-state index in [-0.39, 0.29) is 12.3 Å². The second-order valence-electron chi connectivity index (χ2n) is 7.06. The van der Waals surface area contributed by atoms with Gasteiger partial charge in [-0.05, 0) is 38.1 Å². The summed E-state index contributed by atoms with van der Waals surface area (Å²) >= 11 is 0. The lowest BCUT2D eigenvalue weighted by molar-refractivity contribution is -0.115. The normalized spacial score (nSPS) is 10.9. The maximum Gasteiger partial charge on any atom is 0.228 e. The number of para-hydroxylation sites is 1. The average Bonchev–Trinajstić information content (AvgIpc) is 3.27. The Bertz CT molecular complexity index is 1160. The fourth-order valence-corrected chi connectivity index (χ4v) is 3.50. The van der Waals surface area contributed by atoms with Gasteiger partial charge in [-0.15, -0.1) is 0 Å². The summed E-state index contributed by atoms with van der Waals surface area (Å²) in [6.07, 6.45) is 3.93. The Hall–Kier alpha value is -3.67. The van der Waals surface area contributed by atoms with Gasteiger partial charge in [0.25, 0.3) is 0 Å². The van der Waals surface area contributed by atoms with Crippen LogP contribution in [0.25, 0.3) is 17.1 Å². The minimum atomic E-state index is -0.0687. The molecule has 6 nitrogen and oxygen atoms in total. The summed E-state index contributed by atoms with van der Waals surface area (Å²) in [5.41, 5.74) is 5.49. The van der Waals surface area contributed by atoms with Gasteiger partial charge in [0.1, 0.15) is 5.82 Å². The lowest BCUT2D eigenvalue weighted by atomic mass is 10.1. The Morgan fingerprint density at radius 1 is 1.07 bits per heavy atom. The highest BCUT2D eigenvalue weighted by atomic mass is 16.1. The molecule has 0 saturated heterocycles. The maximum atomic E-state index is 12.7. The number of aromatic nitrogens is 4. The number of nitrogens with zero attached hydrogens (tertiary/aromatic N) is 4. The monoisotopic (exact) mass is 385 g/mol. The number of anilines is 1. The third-order valence-corrected chi connectivity index (χ3v) is 5.00. The number of aryl methyl sites for hydroxylation is 2. The Balaban J connectivity index is 1.53. The second kappa shape index (κ2) is 7.75. The number of rotatable bonds is 5. The van der Waals surface area contributed by atoms with Gasteiger partial charge < -0.3 is 9.88 Å². The molecule has 29 heavy (non-hydrogen) atoms. The molecule has 0 aliphatic rings. The topological polar surface area (TPSA) is 64.7 Å². The van der Waals surface area contributed by atoms with Crippen LogP contribution in [0.4, 0.5) is 5.69 Å². The molecule has 1 amide bonds. The number of hydrogen-bond acceptors (Lipinski definition) is 3. The molecular weight excluding hydrogens is 362 g/mol. The summed E-state index contributed by atoms with van der Waals surface area (Å²) in [6.45, 7) is 3.94. The van der Waals surface area contributed by atoms with Crippen molar-refractivity contribution in [1.29, 1.82) is 0 Å². The van der Waals surface area contributed by atoms with Crippen molar-refractivity contribution in [3.8, 4) is 17.1 Å². The number of carbonyl (C=O) groups is 1. The Morgan fingerprint density at radius 3 is 2.59 bits per heavy atom. The minimum Gasteiger partial charge on any atom is -0.334 e. The Morgan fingerprint density at radius 2 is 1.86 bits per heavy atom. The molecule has 0 radical (unpaired) electrons. The number of nitrogens with one attached hydrogen (secondary N) is 1. The molecule has 0 aliphatic heterocycles. The highest BCUT2D eigenvalue weighted by Crippen LogP contribution is 2.22. The first-order valence-electron chi connectivity index (χ1n) is 9.51. The fraction of sp³-hybridized carbons (Fsp3) is 0.174. The summed E-state index contributed by atoms with van der Waals surface area (Å²) in [6, 6.07) is 17.7. The second-order valence-corrected chi connectivity index (χ2v) is 7.06. The zero-order chi connectivity index (χ0) is 20.4. The highest BCUT2D eigenvalue weighted by Gasteiger charge is 2.16. The molecule has 0 bridgehead atoms. The van der Waals surface area contributed by atoms with Crippen molar-refractivity contribution < 1.29 is 4.79 Å². The van der Waals surface area contributed by atoms with Crippen LogP contribution in [0.15, 0.2) is 67.0 Å². The van der Waals surface area contributed by atoms with Crippen molar-refractivity contribution in [2.45, 2.75) is 20.3 Å². The Kier molecular flexibility index (Phi) is 4.99. The quantitative estimate of drug-likeness (QED) is 0.563. The van der Waals surface area contributed by atoms with Crippen LogP contribution in [0, 0.1) is 13.8 Å². The molecule has 2 aromatic heterocycles. The molecular formula is C23H23N5O. The van der Waals surface area contributed by atoms with E-state index in [9.17, 15) is 4.79 Å². The molecule has 2 aromatic carbocycles. The van der Waals surface area contributed by atoms with E-state index >= 15 is 0 Å². The third-order valence-electron chi connectivity index (χ3n) is 5.00. The van der Waals surface area contributed by atoms with Crippen molar-refractivity contribution in [2.24, 2.45) is 7.05 Å². The smallest absolute Gasteiger partial charge is 0.228 e. The van der Waals surface area contributed by atoms with Gasteiger partial charge in [0.15, 0.2) is 0 Å². The van der Waals surface area contributed by atoms with E-state index in [0.717, 1.165) is 39.7 Å². The predicted molar refractivity (Wildman–Crippen MR) is 114 cm³/mol. The molecule has 0 saturated carbocycles. The maximum absolute atomic E-state index is 12.7. The van der Waals surface area contributed by atoms with Crippen LogP contribution in [-0.4, -0.2) is 25.2 Å².